The molecule has 5 nitrogen and oxygen atoms in total. The number of hydrogen-bond acceptors (Lipinski definition) is 4. The molecule has 2 atom stereocenters. The van der Waals surface area contributed by atoms with Gasteiger partial charge < -0.3 is 4.90 Å². The molecule has 0 saturated carbocycles. The Kier molecular flexibility index (Phi) is 4.64. The molecule has 29 heavy (non-hydrogen) atoms. The van der Waals surface area contributed by atoms with Crippen molar-refractivity contribution in [3.8, 4) is 0 Å². The Morgan fingerprint density at radius 3 is 2.66 bits per heavy atom. The van der Waals surface area contributed by atoms with Crippen molar-refractivity contribution in [2.45, 2.75) is 24.9 Å². The molecule has 5 rings (SSSR count). The Labute approximate surface area is 179 Å². The van der Waals surface area contributed by atoms with Crippen molar-refractivity contribution in [3.05, 3.63) is 83.7 Å². The lowest BCUT2D eigenvalue weighted by molar-refractivity contribution is -0.119. The molecule has 0 spiro atoms. The number of rotatable bonds is 4. The summed E-state index contributed by atoms with van der Waals surface area (Å²) in [7, 11) is 0. The molecule has 3 aromatic rings. The predicted molar refractivity (Wildman–Crippen MR) is 120 cm³/mol. The summed E-state index contributed by atoms with van der Waals surface area (Å²) >= 11 is 7.53. The van der Waals surface area contributed by atoms with Crippen molar-refractivity contribution in [3.63, 3.8) is 0 Å². The lowest BCUT2D eigenvalue weighted by atomic mass is 10.1. The summed E-state index contributed by atoms with van der Waals surface area (Å²) in [6.45, 7) is 2.73. The SMILES string of the molecule is Cc1ccc([C@@H]2SC[C@@H]3C(=O)N(c4cnn(Cc5ccccc5)c4)C(=S)N32)cc1. The molecule has 2 aliphatic heterocycles. The smallest absolute Gasteiger partial charge is 0.257 e. The van der Waals surface area contributed by atoms with E-state index in [4.69, 9.17) is 12.2 Å². The van der Waals surface area contributed by atoms with Gasteiger partial charge in [0.1, 0.15) is 11.4 Å². The van der Waals surface area contributed by atoms with Gasteiger partial charge in [-0.15, -0.1) is 11.8 Å². The van der Waals surface area contributed by atoms with Crippen LogP contribution in [0.2, 0.25) is 0 Å². The Balaban J connectivity index is 1.39. The zero-order valence-electron chi connectivity index (χ0n) is 15.9. The molecule has 2 fully saturated rings. The summed E-state index contributed by atoms with van der Waals surface area (Å²) in [5.41, 5.74) is 4.30. The summed E-state index contributed by atoms with van der Waals surface area (Å²) in [6, 6.07) is 18.4. The molecular weight excluding hydrogens is 400 g/mol. The number of benzene rings is 2. The minimum Gasteiger partial charge on any atom is -0.319 e. The first-order chi connectivity index (χ1) is 14.1. The van der Waals surface area contributed by atoms with Gasteiger partial charge in [-0.3, -0.25) is 14.4 Å². The molecule has 0 radical (unpaired) electrons. The van der Waals surface area contributed by atoms with Crippen LogP contribution in [0.25, 0.3) is 0 Å². The second-order valence-corrected chi connectivity index (χ2v) is 8.84. The normalized spacial score (nSPS) is 21.1. The number of thiocarbonyl (C=S) groups is 1. The second kappa shape index (κ2) is 7.31. The van der Waals surface area contributed by atoms with E-state index in [0.717, 1.165) is 17.0 Å². The predicted octanol–water partition coefficient (Wildman–Crippen LogP) is 3.99. The van der Waals surface area contributed by atoms with Crippen LogP contribution in [0.5, 0.6) is 0 Å². The maximum absolute atomic E-state index is 13.1. The third-order valence-corrected chi connectivity index (χ3v) is 7.06. The molecule has 1 amide bonds. The molecule has 146 valence electrons. The highest BCUT2D eigenvalue weighted by molar-refractivity contribution is 7.99. The van der Waals surface area contributed by atoms with Crippen LogP contribution in [0.4, 0.5) is 5.69 Å². The van der Waals surface area contributed by atoms with Gasteiger partial charge in [0.25, 0.3) is 5.91 Å². The van der Waals surface area contributed by atoms with E-state index in [1.54, 1.807) is 22.9 Å². The van der Waals surface area contributed by atoms with Crippen LogP contribution < -0.4 is 4.90 Å². The van der Waals surface area contributed by atoms with Crippen LogP contribution in [-0.2, 0) is 11.3 Å². The number of carbonyl (C=O) groups is 1. The van der Waals surface area contributed by atoms with Crippen molar-refractivity contribution in [2.75, 3.05) is 10.7 Å². The molecule has 0 aliphatic carbocycles. The van der Waals surface area contributed by atoms with Crippen molar-refractivity contribution in [1.82, 2.24) is 14.7 Å². The van der Waals surface area contributed by atoms with Crippen LogP contribution in [-0.4, -0.2) is 37.5 Å². The number of amides is 1. The molecule has 2 aromatic carbocycles. The number of nitrogens with zero attached hydrogens (tertiary/aromatic N) is 4. The van der Waals surface area contributed by atoms with E-state index in [-0.39, 0.29) is 17.3 Å². The van der Waals surface area contributed by atoms with Crippen molar-refractivity contribution in [2.24, 2.45) is 0 Å². The average molecular weight is 421 g/mol. The fourth-order valence-electron chi connectivity index (χ4n) is 3.84. The number of thioether (sulfide) groups is 1. The van der Waals surface area contributed by atoms with E-state index in [0.29, 0.717) is 11.7 Å². The van der Waals surface area contributed by atoms with Gasteiger partial charge >= 0.3 is 0 Å². The van der Waals surface area contributed by atoms with Gasteiger partial charge in [0, 0.05) is 11.9 Å². The van der Waals surface area contributed by atoms with Gasteiger partial charge in [0.15, 0.2) is 5.11 Å². The van der Waals surface area contributed by atoms with Crippen LogP contribution in [0.1, 0.15) is 22.1 Å². The van der Waals surface area contributed by atoms with Crippen LogP contribution in [0.15, 0.2) is 67.0 Å². The summed E-state index contributed by atoms with van der Waals surface area (Å²) < 4.78 is 1.84. The van der Waals surface area contributed by atoms with Gasteiger partial charge in [0.05, 0.1) is 18.4 Å². The van der Waals surface area contributed by atoms with Crippen LogP contribution >= 0.6 is 24.0 Å². The number of fused-ring (bicyclic) bond motifs is 1. The summed E-state index contributed by atoms with van der Waals surface area (Å²) in [6.07, 6.45) is 3.62. The Hall–Kier alpha value is -2.64. The van der Waals surface area contributed by atoms with E-state index in [1.807, 2.05) is 29.1 Å². The third-order valence-electron chi connectivity index (χ3n) is 5.35. The maximum atomic E-state index is 13.1. The minimum atomic E-state index is -0.212. The van der Waals surface area contributed by atoms with Crippen LogP contribution in [0.3, 0.4) is 0 Å². The zero-order valence-corrected chi connectivity index (χ0v) is 17.6. The highest BCUT2D eigenvalue weighted by Gasteiger charge is 2.51. The molecule has 0 N–H and O–H groups in total. The zero-order chi connectivity index (χ0) is 20.0. The molecule has 7 heteroatoms. The third kappa shape index (κ3) is 3.24. The largest absolute Gasteiger partial charge is 0.319 e. The highest BCUT2D eigenvalue weighted by atomic mass is 32.2. The molecule has 1 aromatic heterocycles. The Morgan fingerprint density at radius 2 is 1.90 bits per heavy atom. The van der Waals surface area contributed by atoms with Gasteiger partial charge in [0.2, 0.25) is 0 Å². The van der Waals surface area contributed by atoms with Crippen molar-refractivity contribution < 1.29 is 4.79 Å². The first-order valence-electron chi connectivity index (χ1n) is 9.52. The summed E-state index contributed by atoms with van der Waals surface area (Å²) in [5, 5.41) is 5.08. The molecule has 2 aliphatic rings. The molecule has 3 heterocycles. The number of hydrogen-bond donors (Lipinski definition) is 0. The topological polar surface area (TPSA) is 41.4 Å². The maximum Gasteiger partial charge on any atom is 0.257 e. The Morgan fingerprint density at radius 1 is 1.14 bits per heavy atom. The number of anilines is 1. The van der Waals surface area contributed by atoms with Gasteiger partial charge in [-0.2, -0.15) is 5.10 Å². The number of aryl methyl sites for hydroxylation is 1. The average Bonchev–Trinajstić information content (AvgIpc) is 3.41. The Bertz CT molecular complexity index is 1060. The van der Waals surface area contributed by atoms with E-state index in [1.165, 1.54) is 11.1 Å². The van der Waals surface area contributed by atoms with E-state index in [9.17, 15) is 4.79 Å². The minimum absolute atomic E-state index is 0.0383. The van der Waals surface area contributed by atoms with E-state index < -0.39 is 0 Å². The van der Waals surface area contributed by atoms with Crippen LogP contribution in [0, 0.1) is 6.92 Å². The molecule has 0 bridgehead atoms. The first kappa shape index (κ1) is 18.4. The molecular formula is C22H20N4OS2. The second-order valence-electron chi connectivity index (χ2n) is 7.36. The van der Waals surface area contributed by atoms with Crippen molar-refractivity contribution in [1.29, 1.82) is 0 Å². The summed E-state index contributed by atoms with van der Waals surface area (Å²) in [5.74, 6) is 0.781. The number of aromatic nitrogens is 2. The molecule has 2 saturated heterocycles. The van der Waals surface area contributed by atoms with E-state index in [2.05, 4.69) is 53.3 Å². The fourth-order valence-corrected chi connectivity index (χ4v) is 5.76. The molecule has 0 unspecified atom stereocenters. The quantitative estimate of drug-likeness (QED) is 0.597. The van der Waals surface area contributed by atoms with Gasteiger partial charge in [-0.25, -0.2) is 0 Å². The van der Waals surface area contributed by atoms with Crippen molar-refractivity contribution >= 4 is 40.7 Å². The highest BCUT2D eigenvalue weighted by Crippen LogP contribution is 2.46. The van der Waals surface area contributed by atoms with Gasteiger partial charge in [-0.1, -0.05) is 60.2 Å². The van der Waals surface area contributed by atoms with E-state index >= 15 is 0 Å². The fraction of sp³-hybridized carbons (Fsp3) is 0.227. The summed E-state index contributed by atoms with van der Waals surface area (Å²) in [4.78, 5) is 16.9. The van der Waals surface area contributed by atoms with Gasteiger partial charge in [-0.05, 0) is 30.3 Å². The lowest BCUT2D eigenvalue weighted by Gasteiger charge is -2.25. The lowest BCUT2D eigenvalue weighted by Crippen LogP contribution is -2.33. The monoisotopic (exact) mass is 420 g/mol. The first-order valence-corrected chi connectivity index (χ1v) is 11.0. The number of carbonyl (C=O) groups excluding carboxylic acids is 1. The standard InChI is InChI=1S/C22H20N4OS2/c1-15-7-9-17(10-8-15)21-26-19(14-29-21)20(27)25(22(26)28)18-11-23-24(13-18)12-16-5-3-2-4-6-16/h2-11,13,19,21H,12,14H2,1H3/t19-,21+/m1/s1.